The van der Waals surface area contributed by atoms with Crippen LogP contribution in [0.5, 0.6) is 5.75 Å². The molecule has 0 spiro atoms. The number of nitriles is 3. The fourth-order valence-electron chi connectivity index (χ4n) is 4.67. The van der Waals surface area contributed by atoms with E-state index in [-0.39, 0.29) is 10.0 Å². The van der Waals surface area contributed by atoms with Gasteiger partial charge in [-0.3, -0.25) is 5.41 Å². The van der Waals surface area contributed by atoms with Gasteiger partial charge >= 0.3 is 0 Å². The Bertz CT molecular complexity index is 1230. The zero-order chi connectivity index (χ0) is 23.3. The van der Waals surface area contributed by atoms with Crippen molar-refractivity contribution in [3.8, 4) is 24.0 Å². The molecular weight excluding hydrogens is 451 g/mol. The van der Waals surface area contributed by atoms with Gasteiger partial charge in [0.05, 0.1) is 41.3 Å². The summed E-state index contributed by atoms with van der Waals surface area (Å²) in [5.74, 6) is -2.35. The molecule has 2 aromatic carbocycles. The molecule has 2 aliphatic heterocycles. The third-order valence-corrected chi connectivity index (χ3v) is 7.15. The molecule has 32 heavy (non-hydrogen) atoms. The lowest BCUT2D eigenvalue weighted by Gasteiger charge is -2.48. The first-order valence-corrected chi connectivity index (χ1v) is 10.3. The SMILES string of the molecule is COc1ccc(C23OC(=N)C(C#N)(C2C)C(C#N)(C#N)C(c2ccc(Cl)c(Cl)c2)O3)cc1. The summed E-state index contributed by atoms with van der Waals surface area (Å²) in [5.41, 5.74) is -3.10. The van der Waals surface area contributed by atoms with Gasteiger partial charge in [-0.15, -0.1) is 0 Å². The van der Waals surface area contributed by atoms with E-state index < -0.39 is 34.5 Å². The molecule has 2 aliphatic rings. The van der Waals surface area contributed by atoms with Crippen LogP contribution in [-0.4, -0.2) is 13.0 Å². The largest absolute Gasteiger partial charge is 0.497 e. The average Bonchev–Trinajstić information content (AvgIpc) is 2.97. The van der Waals surface area contributed by atoms with Crippen molar-refractivity contribution < 1.29 is 14.2 Å². The van der Waals surface area contributed by atoms with Crippen LogP contribution in [0.3, 0.4) is 0 Å². The van der Waals surface area contributed by atoms with E-state index in [0.717, 1.165) is 0 Å². The number of rotatable bonds is 3. The number of ether oxygens (including phenoxy) is 3. The predicted molar refractivity (Wildman–Crippen MR) is 115 cm³/mol. The highest BCUT2D eigenvalue weighted by atomic mass is 35.5. The van der Waals surface area contributed by atoms with E-state index in [0.29, 0.717) is 16.9 Å². The lowest BCUT2D eigenvalue weighted by molar-refractivity contribution is -0.288. The minimum atomic E-state index is -2.08. The van der Waals surface area contributed by atoms with Crippen LogP contribution in [-0.2, 0) is 15.3 Å². The minimum absolute atomic E-state index is 0.198. The standard InChI is InChI=1S/C23H16Cl2N4O3/c1-13-22(12-28)20(29)32-23(13,15-4-6-16(30-2)7-5-15)31-19(21(22,10-26)11-27)14-3-8-17(24)18(25)9-14/h3-9,13,19,29H,1-2H3. The van der Waals surface area contributed by atoms with Crippen LogP contribution < -0.4 is 4.74 Å². The van der Waals surface area contributed by atoms with Crippen LogP contribution in [0.2, 0.25) is 10.0 Å². The van der Waals surface area contributed by atoms with Gasteiger partial charge in [-0.05, 0) is 42.0 Å². The monoisotopic (exact) mass is 466 g/mol. The maximum atomic E-state index is 10.3. The Morgan fingerprint density at radius 1 is 1.00 bits per heavy atom. The average molecular weight is 467 g/mol. The summed E-state index contributed by atoms with van der Waals surface area (Å²) in [6, 6.07) is 17.5. The van der Waals surface area contributed by atoms with E-state index in [1.807, 2.05) is 12.1 Å². The van der Waals surface area contributed by atoms with E-state index in [2.05, 4.69) is 6.07 Å². The van der Waals surface area contributed by atoms with Gasteiger partial charge in [0.2, 0.25) is 17.1 Å². The molecule has 4 rings (SSSR count). The van der Waals surface area contributed by atoms with Crippen LogP contribution in [0.25, 0.3) is 0 Å². The predicted octanol–water partition coefficient (Wildman–Crippen LogP) is 5.11. The summed E-state index contributed by atoms with van der Waals surface area (Å²) < 4.78 is 17.6. The summed E-state index contributed by atoms with van der Waals surface area (Å²) in [6.07, 6.45) is -1.26. The molecule has 0 saturated carbocycles. The molecule has 9 heteroatoms. The lowest BCUT2D eigenvalue weighted by atomic mass is 9.53. The molecule has 2 fully saturated rings. The second kappa shape index (κ2) is 7.40. The van der Waals surface area contributed by atoms with Crippen molar-refractivity contribution in [3.05, 3.63) is 63.6 Å². The number of benzene rings is 2. The van der Waals surface area contributed by atoms with E-state index in [9.17, 15) is 15.8 Å². The molecule has 4 atom stereocenters. The molecule has 0 aromatic heterocycles. The molecule has 7 nitrogen and oxygen atoms in total. The molecule has 2 saturated heterocycles. The van der Waals surface area contributed by atoms with Crippen LogP contribution in [0, 0.1) is 56.2 Å². The molecule has 2 bridgehead atoms. The highest BCUT2D eigenvalue weighted by Crippen LogP contribution is 2.69. The Labute approximate surface area is 194 Å². The summed E-state index contributed by atoms with van der Waals surface area (Å²) in [5, 5.41) is 39.9. The van der Waals surface area contributed by atoms with Gasteiger partial charge in [0, 0.05) is 5.56 Å². The van der Waals surface area contributed by atoms with Gasteiger partial charge in [0.25, 0.3) is 0 Å². The zero-order valence-electron chi connectivity index (χ0n) is 17.0. The molecule has 4 unspecified atom stereocenters. The number of methoxy groups -OCH3 is 1. The molecule has 2 aromatic rings. The maximum absolute atomic E-state index is 10.3. The Morgan fingerprint density at radius 3 is 2.19 bits per heavy atom. The highest BCUT2D eigenvalue weighted by molar-refractivity contribution is 6.42. The van der Waals surface area contributed by atoms with Crippen LogP contribution in [0.1, 0.15) is 24.2 Å². The van der Waals surface area contributed by atoms with Gasteiger partial charge in [0.15, 0.2) is 5.41 Å². The van der Waals surface area contributed by atoms with Gasteiger partial charge in [0.1, 0.15) is 11.9 Å². The third-order valence-electron chi connectivity index (χ3n) is 6.41. The molecule has 0 aliphatic carbocycles. The lowest BCUT2D eigenvalue weighted by Crippen LogP contribution is -2.57. The molecule has 1 N–H and O–H groups in total. The number of hydrogen-bond donors (Lipinski definition) is 1. The number of hydrogen-bond acceptors (Lipinski definition) is 7. The van der Waals surface area contributed by atoms with E-state index in [4.69, 9.17) is 42.8 Å². The van der Waals surface area contributed by atoms with Gasteiger partial charge in [-0.1, -0.05) is 36.2 Å². The molecule has 2 heterocycles. The van der Waals surface area contributed by atoms with Gasteiger partial charge in [-0.25, -0.2) is 0 Å². The van der Waals surface area contributed by atoms with Crippen molar-refractivity contribution >= 4 is 29.1 Å². The Hall–Kier alpha value is -3.28. The molecule has 0 radical (unpaired) electrons. The van der Waals surface area contributed by atoms with Crippen molar-refractivity contribution in [1.82, 2.24) is 0 Å². The summed E-state index contributed by atoms with van der Waals surface area (Å²) in [4.78, 5) is 0. The number of halogens is 2. The molecular formula is C23H16Cl2N4O3. The molecule has 0 amide bonds. The fraction of sp³-hybridized carbons (Fsp3) is 0.304. The van der Waals surface area contributed by atoms with Crippen LogP contribution >= 0.6 is 23.2 Å². The van der Waals surface area contributed by atoms with E-state index in [1.54, 1.807) is 37.3 Å². The van der Waals surface area contributed by atoms with Crippen molar-refractivity contribution in [3.63, 3.8) is 0 Å². The highest BCUT2D eigenvalue weighted by Gasteiger charge is 2.79. The fourth-order valence-corrected chi connectivity index (χ4v) is 4.97. The quantitative estimate of drug-likeness (QED) is 0.669. The van der Waals surface area contributed by atoms with Crippen molar-refractivity contribution in [2.45, 2.75) is 18.8 Å². The first-order valence-electron chi connectivity index (χ1n) is 9.55. The second-order valence-electron chi connectivity index (χ2n) is 7.67. The normalized spacial score (nSPS) is 29.8. The van der Waals surface area contributed by atoms with Crippen molar-refractivity contribution in [1.29, 1.82) is 21.2 Å². The Morgan fingerprint density at radius 2 is 1.66 bits per heavy atom. The van der Waals surface area contributed by atoms with E-state index in [1.165, 1.54) is 19.2 Å². The number of nitrogens with zero attached hydrogens (tertiary/aromatic N) is 3. The number of fused-ring (bicyclic) bond motifs is 2. The molecule has 160 valence electrons. The van der Waals surface area contributed by atoms with Crippen LogP contribution in [0.15, 0.2) is 42.5 Å². The smallest absolute Gasteiger partial charge is 0.244 e. The van der Waals surface area contributed by atoms with Gasteiger partial charge in [-0.2, -0.15) is 15.8 Å². The summed E-state index contributed by atoms with van der Waals surface area (Å²) >= 11 is 12.3. The maximum Gasteiger partial charge on any atom is 0.244 e. The van der Waals surface area contributed by atoms with Crippen LogP contribution in [0.4, 0.5) is 0 Å². The Balaban J connectivity index is 2.02. The summed E-state index contributed by atoms with van der Waals surface area (Å²) in [7, 11) is 1.53. The van der Waals surface area contributed by atoms with E-state index >= 15 is 0 Å². The first kappa shape index (κ1) is 21.9. The summed E-state index contributed by atoms with van der Waals surface area (Å²) in [6.45, 7) is 1.64. The van der Waals surface area contributed by atoms with Crippen molar-refractivity contribution in [2.75, 3.05) is 7.11 Å². The topological polar surface area (TPSA) is 123 Å². The third kappa shape index (κ3) is 2.52. The first-order chi connectivity index (χ1) is 15.3. The minimum Gasteiger partial charge on any atom is -0.497 e. The second-order valence-corrected chi connectivity index (χ2v) is 8.49. The van der Waals surface area contributed by atoms with Crippen molar-refractivity contribution in [2.24, 2.45) is 16.7 Å². The number of nitrogens with one attached hydrogen (secondary N) is 1. The zero-order valence-corrected chi connectivity index (χ0v) is 18.5. The van der Waals surface area contributed by atoms with Gasteiger partial charge < -0.3 is 14.2 Å². The Kier molecular flexibility index (Phi) is 5.07.